The molecule has 0 fully saturated rings. The zero-order valence-corrected chi connectivity index (χ0v) is 25.8. The smallest absolute Gasteiger partial charge is 0.266 e. The average molecular weight is 601 g/mol. The number of amides is 2. The molecule has 2 heterocycles. The van der Waals surface area contributed by atoms with Gasteiger partial charge in [0.25, 0.3) is 11.8 Å². The number of aliphatic hydroxyl groups excluding tert-OH is 1. The summed E-state index contributed by atoms with van der Waals surface area (Å²) in [6.45, 7) is 8.15. The third kappa shape index (κ3) is 5.65. The molecule has 9 heteroatoms. The number of likely N-dealkylation sites (N-methyl/N-ethyl adjacent to an activating group) is 1. The van der Waals surface area contributed by atoms with Crippen LogP contribution in [0.5, 0.6) is 5.88 Å². The van der Waals surface area contributed by atoms with Gasteiger partial charge in [-0.1, -0.05) is 62.4 Å². The second kappa shape index (κ2) is 12.6. The maximum absolute atomic E-state index is 13.6. The lowest BCUT2D eigenvalue weighted by Crippen LogP contribution is -2.43. The Kier molecular flexibility index (Phi) is 8.89. The Bertz CT molecular complexity index is 1630. The highest BCUT2D eigenvalue weighted by Gasteiger charge is 2.31. The van der Waals surface area contributed by atoms with Crippen LogP contribution in [-0.4, -0.2) is 59.0 Å². The van der Waals surface area contributed by atoms with Crippen molar-refractivity contribution in [2.75, 3.05) is 32.6 Å². The van der Waals surface area contributed by atoms with Gasteiger partial charge in [-0.15, -0.1) is 0 Å². The Balaban J connectivity index is 1.57. The van der Waals surface area contributed by atoms with Crippen LogP contribution < -0.4 is 10.1 Å². The minimum absolute atomic E-state index is 0.0412. The van der Waals surface area contributed by atoms with E-state index in [1.807, 2.05) is 36.4 Å². The number of aliphatic hydroxyl groups is 1. The molecule has 0 radical (unpaired) electrons. The van der Waals surface area contributed by atoms with Crippen LogP contribution in [0.15, 0.2) is 66.6 Å². The zero-order chi connectivity index (χ0) is 30.8. The Labute approximate surface area is 257 Å². The van der Waals surface area contributed by atoms with Gasteiger partial charge in [0.1, 0.15) is 11.4 Å². The fraction of sp³-hybridized carbons (Fsp3) is 0.324. The number of aromatic nitrogens is 1. The van der Waals surface area contributed by atoms with Gasteiger partial charge in [-0.25, -0.2) is 4.98 Å². The van der Waals surface area contributed by atoms with Crippen LogP contribution in [0.4, 0.5) is 5.69 Å². The molecule has 8 nitrogen and oxygen atoms in total. The molecule has 1 aromatic heterocycles. The number of nitrogens with zero attached hydrogens (tertiary/aromatic N) is 3. The zero-order valence-electron chi connectivity index (χ0n) is 25.0. The molecule has 0 spiro atoms. The van der Waals surface area contributed by atoms with Crippen molar-refractivity contribution in [1.82, 2.24) is 14.8 Å². The second-order valence-corrected chi connectivity index (χ2v) is 11.3. The predicted octanol–water partition coefficient (Wildman–Crippen LogP) is 6.14. The number of benzene rings is 2. The monoisotopic (exact) mass is 600 g/mol. The number of ether oxygens (including phenoxy) is 1. The molecule has 2 amide bonds. The molecule has 3 aromatic rings. The summed E-state index contributed by atoms with van der Waals surface area (Å²) in [4.78, 5) is 34.3. The Morgan fingerprint density at radius 1 is 1.19 bits per heavy atom. The standard InChI is InChI=1S/C34H37ClN4O4/c1-6-20(2)30-24(12-9-15-28(30)36-32(41)27-19-39(16-17-40)21(3)38(4)34(27)42)25-13-8-14-26(31(25)35)29-18-22-10-7-11-23(22)33(37-29)43-5/h8-9,12-15,18-20,40H,3,6-7,10-11,16-17H2,1-2,4-5H3,(H,36,41). The van der Waals surface area contributed by atoms with Crippen LogP contribution in [0.2, 0.25) is 5.02 Å². The number of pyridine rings is 1. The number of rotatable bonds is 9. The number of carbonyl (C=O) groups excluding carboxylic acids is 2. The Morgan fingerprint density at radius 2 is 1.91 bits per heavy atom. The first kappa shape index (κ1) is 30.3. The highest BCUT2D eigenvalue weighted by atomic mass is 35.5. The maximum atomic E-state index is 13.6. The number of β-amino-alcohol motifs (C(OH)–C–C–N with tert-alkyl or cyclic N) is 1. The van der Waals surface area contributed by atoms with Crippen LogP contribution in [-0.2, 0) is 22.4 Å². The van der Waals surface area contributed by atoms with Gasteiger partial charge in [0, 0.05) is 42.2 Å². The lowest BCUT2D eigenvalue weighted by atomic mass is 9.87. The lowest BCUT2D eigenvalue weighted by Gasteiger charge is -2.34. The van der Waals surface area contributed by atoms with Crippen LogP contribution in [0, 0.1) is 0 Å². The summed E-state index contributed by atoms with van der Waals surface area (Å²) in [6, 6.07) is 13.7. The van der Waals surface area contributed by atoms with Crippen molar-refractivity contribution in [2.45, 2.75) is 45.4 Å². The molecular weight excluding hydrogens is 564 g/mol. The minimum Gasteiger partial charge on any atom is -0.481 e. The summed E-state index contributed by atoms with van der Waals surface area (Å²) in [5.41, 5.74) is 7.18. The fourth-order valence-electron chi connectivity index (χ4n) is 5.86. The average Bonchev–Trinajstić information content (AvgIpc) is 3.49. The Morgan fingerprint density at radius 3 is 2.63 bits per heavy atom. The largest absolute Gasteiger partial charge is 0.481 e. The van der Waals surface area contributed by atoms with Crippen molar-refractivity contribution < 1.29 is 19.4 Å². The molecule has 224 valence electrons. The number of carbonyl (C=O) groups is 2. The molecule has 2 aliphatic rings. The topological polar surface area (TPSA) is 95.0 Å². The van der Waals surface area contributed by atoms with E-state index in [0.29, 0.717) is 22.4 Å². The molecule has 43 heavy (non-hydrogen) atoms. The van der Waals surface area contributed by atoms with Crippen molar-refractivity contribution in [1.29, 1.82) is 0 Å². The number of methoxy groups -OCH3 is 1. The normalized spacial score (nSPS) is 15.3. The Hall–Kier alpha value is -4.14. The minimum atomic E-state index is -0.539. The summed E-state index contributed by atoms with van der Waals surface area (Å²) in [6.07, 6.45) is 5.28. The lowest BCUT2D eigenvalue weighted by molar-refractivity contribution is -0.128. The summed E-state index contributed by atoms with van der Waals surface area (Å²) < 4.78 is 5.64. The number of nitrogens with one attached hydrogen (secondary N) is 1. The van der Waals surface area contributed by atoms with E-state index < -0.39 is 11.8 Å². The number of fused-ring (bicyclic) bond motifs is 1. The van der Waals surface area contributed by atoms with Gasteiger partial charge in [0.15, 0.2) is 0 Å². The first-order valence-electron chi connectivity index (χ1n) is 14.6. The van der Waals surface area contributed by atoms with Gasteiger partial charge >= 0.3 is 0 Å². The summed E-state index contributed by atoms with van der Waals surface area (Å²) >= 11 is 7.16. The van der Waals surface area contributed by atoms with E-state index in [1.165, 1.54) is 22.2 Å². The molecule has 1 aliphatic carbocycles. The van der Waals surface area contributed by atoms with E-state index in [9.17, 15) is 14.7 Å². The summed E-state index contributed by atoms with van der Waals surface area (Å²) in [7, 11) is 3.21. The highest BCUT2D eigenvalue weighted by Crippen LogP contribution is 2.43. The first-order chi connectivity index (χ1) is 20.7. The van der Waals surface area contributed by atoms with Crippen molar-refractivity contribution in [3.05, 3.63) is 88.4 Å². The number of anilines is 1. The molecule has 1 atom stereocenters. The first-order valence-corrected chi connectivity index (χ1v) is 14.9. The molecule has 1 unspecified atom stereocenters. The van der Waals surface area contributed by atoms with Gasteiger partial charge < -0.3 is 20.1 Å². The quantitative estimate of drug-likeness (QED) is 0.287. The van der Waals surface area contributed by atoms with Crippen LogP contribution in [0.1, 0.15) is 49.3 Å². The molecule has 2 aromatic carbocycles. The van der Waals surface area contributed by atoms with Crippen LogP contribution in [0.3, 0.4) is 0 Å². The van der Waals surface area contributed by atoms with Crippen molar-refractivity contribution >= 4 is 29.1 Å². The number of hydrogen-bond donors (Lipinski definition) is 2. The second-order valence-electron chi connectivity index (χ2n) is 10.9. The SMILES string of the molecule is C=C1N(CCO)C=C(C(=O)Nc2cccc(-c3cccc(-c4cc5c(c(OC)n4)CCC5)c3Cl)c2C(C)CC)C(=O)N1C. The van der Waals surface area contributed by atoms with E-state index in [4.69, 9.17) is 21.3 Å². The fourth-order valence-corrected chi connectivity index (χ4v) is 6.18. The van der Waals surface area contributed by atoms with Gasteiger partial charge in [0.2, 0.25) is 5.88 Å². The van der Waals surface area contributed by atoms with Crippen molar-refractivity contribution in [2.24, 2.45) is 0 Å². The van der Waals surface area contributed by atoms with E-state index in [-0.39, 0.29) is 24.6 Å². The van der Waals surface area contributed by atoms with Crippen molar-refractivity contribution in [3.8, 4) is 28.3 Å². The van der Waals surface area contributed by atoms with E-state index in [2.05, 4.69) is 31.8 Å². The van der Waals surface area contributed by atoms with Crippen LogP contribution in [0.25, 0.3) is 22.4 Å². The molecule has 0 bridgehead atoms. The molecular formula is C34H37ClN4O4. The number of aryl methyl sites for hydroxylation is 1. The molecule has 5 rings (SSSR count). The number of halogens is 1. The van der Waals surface area contributed by atoms with E-state index >= 15 is 0 Å². The van der Waals surface area contributed by atoms with Gasteiger partial charge in [-0.2, -0.15) is 0 Å². The van der Waals surface area contributed by atoms with Gasteiger partial charge in [-0.05, 0) is 60.4 Å². The van der Waals surface area contributed by atoms with Crippen LogP contribution >= 0.6 is 11.6 Å². The third-order valence-electron chi connectivity index (χ3n) is 8.39. The molecule has 0 saturated carbocycles. The van der Waals surface area contributed by atoms with E-state index in [1.54, 1.807) is 19.1 Å². The third-order valence-corrected chi connectivity index (χ3v) is 8.80. The van der Waals surface area contributed by atoms with Gasteiger partial charge in [-0.3, -0.25) is 14.5 Å². The predicted molar refractivity (Wildman–Crippen MR) is 170 cm³/mol. The summed E-state index contributed by atoms with van der Waals surface area (Å²) in [5, 5.41) is 13.0. The van der Waals surface area contributed by atoms with Crippen molar-refractivity contribution in [3.63, 3.8) is 0 Å². The summed E-state index contributed by atoms with van der Waals surface area (Å²) in [5.74, 6) is 0.0979. The number of hydrogen-bond acceptors (Lipinski definition) is 6. The molecule has 1 aliphatic heterocycles. The van der Waals surface area contributed by atoms with E-state index in [0.717, 1.165) is 53.6 Å². The molecule has 2 N–H and O–H groups in total. The highest BCUT2D eigenvalue weighted by molar-refractivity contribution is 6.36. The van der Waals surface area contributed by atoms with Gasteiger partial charge in [0.05, 0.1) is 24.4 Å². The molecule has 0 saturated heterocycles. The maximum Gasteiger partial charge on any atom is 0.266 e.